The molecule has 2 aromatic rings. The zero-order valence-electron chi connectivity index (χ0n) is 11.8. The van der Waals surface area contributed by atoms with Crippen LogP contribution in [0.4, 0.5) is 0 Å². The summed E-state index contributed by atoms with van der Waals surface area (Å²) in [5, 5.41) is 8.24. The topological polar surface area (TPSA) is 91.9 Å². The van der Waals surface area contributed by atoms with E-state index in [1.54, 1.807) is 0 Å². The smallest absolute Gasteiger partial charge is 0.495 e. The highest BCUT2D eigenvalue weighted by Crippen LogP contribution is 2.08. The third-order valence-corrected chi connectivity index (χ3v) is 2.17. The second-order valence-corrected chi connectivity index (χ2v) is 3.52. The Morgan fingerprint density at radius 2 is 2.15 bits per heavy atom. The Bertz CT molecular complexity index is 432. The van der Waals surface area contributed by atoms with Crippen LogP contribution >= 0.6 is 0 Å². The van der Waals surface area contributed by atoms with Crippen LogP contribution in [0.15, 0.2) is 53.2 Å². The second kappa shape index (κ2) is 11.5. The Balaban J connectivity index is 0.000000283. The number of aliphatic hydroxyl groups is 1. The SMILES string of the molecule is C/C=C(\C)[C-](C)[OH+]C=O.Oc1cnco1.c1cc[nH]c1. The van der Waals surface area contributed by atoms with Crippen molar-refractivity contribution < 1.29 is 19.1 Å². The monoisotopic (exact) mass is 280 g/mol. The molecule has 0 bridgehead atoms. The maximum absolute atomic E-state index is 9.82. The molecule has 0 aromatic carbocycles. The van der Waals surface area contributed by atoms with E-state index in [0.717, 1.165) is 18.1 Å². The van der Waals surface area contributed by atoms with Gasteiger partial charge in [-0.1, -0.05) is 13.8 Å². The van der Waals surface area contributed by atoms with Gasteiger partial charge in [0.15, 0.2) is 6.39 Å². The zero-order valence-corrected chi connectivity index (χ0v) is 11.8. The van der Waals surface area contributed by atoms with E-state index in [1.165, 1.54) is 6.20 Å². The number of H-pyrrole nitrogens is 1. The average Bonchev–Trinajstić information content (AvgIpc) is 3.14. The summed E-state index contributed by atoms with van der Waals surface area (Å²) in [6.45, 7) is 6.20. The number of hydrogen-bond donors (Lipinski definition) is 2. The van der Waals surface area contributed by atoms with Gasteiger partial charge in [0.05, 0.1) is 0 Å². The summed E-state index contributed by atoms with van der Waals surface area (Å²) in [4.78, 5) is 16.1. The molecule has 0 fully saturated rings. The summed E-state index contributed by atoms with van der Waals surface area (Å²) < 4.78 is 7.84. The largest absolute Gasteiger partial charge is 0.603 e. The second-order valence-electron chi connectivity index (χ2n) is 3.52. The zero-order chi connectivity index (χ0) is 15.2. The highest BCUT2D eigenvalue weighted by Gasteiger charge is 1.92. The fourth-order valence-corrected chi connectivity index (χ4v) is 0.877. The van der Waals surface area contributed by atoms with Gasteiger partial charge in [0, 0.05) is 23.3 Å². The highest BCUT2D eigenvalue weighted by atomic mass is 16.5. The molecule has 0 aliphatic heterocycles. The van der Waals surface area contributed by atoms with Crippen LogP contribution in [-0.2, 0) is 4.79 Å². The Morgan fingerprint density at radius 1 is 1.50 bits per heavy atom. The van der Waals surface area contributed by atoms with Crippen LogP contribution in [0.5, 0.6) is 5.95 Å². The molecule has 0 saturated heterocycles. The van der Waals surface area contributed by atoms with E-state index in [0.29, 0.717) is 6.47 Å². The lowest BCUT2D eigenvalue weighted by Gasteiger charge is -2.17. The fourth-order valence-electron chi connectivity index (χ4n) is 0.877. The minimum atomic E-state index is -0.144. The van der Waals surface area contributed by atoms with Gasteiger partial charge in [-0.05, 0) is 12.1 Å². The minimum absolute atomic E-state index is 0.144. The molecule has 0 radical (unpaired) electrons. The Kier molecular flexibility index (Phi) is 9.95. The lowest BCUT2D eigenvalue weighted by atomic mass is 10.2. The molecule has 0 aliphatic carbocycles. The van der Waals surface area contributed by atoms with Crippen LogP contribution in [0.25, 0.3) is 0 Å². The number of ether oxygens (including phenoxy) is 1. The molecular weight excluding hydrogens is 260 g/mol. The number of carbonyl (C=O) groups is 1. The number of hydrogen-bond acceptors (Lipinski definition) is 4. The quantitative estimate of drug-likeness (QED) is 0.513. The lowest BCUT2D eigenvalue weighted by molar-refractivity contribution is -0.143. The number of aromatic nitrogens is 2. The molecule has 0 spiro atoms. The van der Waals surface area contributed by atoms with Crippen LogP contribution in [-0.4, -0.2) is 26.3 Å². The molecule has 0 aliphatic rings. The first-order valence-corrected chi connectivity index (χ1v) is 5.88. The first-order chi connectivity index (χ1) is 9.61. The standard InChI is InChI=1S/C7H12O2.C4H5N.C3H3NO2/c1-4-6(2)7(3)9-5-8;1-2-4-5-3-1;5-3-1-4-2-6-3/h4-5,9H,1-3H3;1-5H;1-2,5H/b6-4+;;. The van der Waals surface area contributed by atoms with E-state index in [4.69, 9.17) is 5.11 Å². The van der Waals surface area contributed by atoms with Crippen molar-refractivity contribution in [2.24, 2.45) is 0 Å². The molecule has 2 rings (SSSR count). The molecule has 3 N–H and O–H groups in total. The molecular formula is C14H20N2O4. The molecule has 0 unspecified atom stereocenters. The average molecular weight is 280 g/mol. The molecule has 2 aromatic heterocycles. The normalized spacial score (nSPS) is 9.45. The highest BCUT2D eigenvalue weighted by molar-refractivity contribution is 5.39. The summed E-state index contributed by atoms with van der Waals surface area (Å²) in [7, 11) is 0. The van der Waals surface area contributed by atoms with E-state index in [2.05, 4.69) is 19.1 Å². The number of nitrogens with one attached hydrogen (secondary N) is 1. The van der Waals surface area contributed by atoms with Gasteiger partial charge in [0.25, 0.3) is 0 Å². The summed E-state index contributed by atoms with van der Waals surface area (Å²) in [6, 6.07) is 3.89. The number of rotatable bonds is 3. The van der Waals surface area contributed by atoms with Crippen molar-refractivity contribution in [3.05, 3.63) is 54.9 Å². The van der Waals surface area contributed by atoms with Crippen LogP contribution in [0.1, 0.15) is 20.8 Å². The van der Waals surface area contributed by atoms with Crippen molar-refractivity contribution in [2.75, 3.05) is 0 Å². The molecule has 110 valence electrons. The van der Waals surface area contributed by atoms with Crippen molar-refractivity contribution in [3.8, 4) is 5.95 Å². The molecule has 0 amide bonds. The third kappa shape index (κ3) is 9.41. The van der Waals surface area contributed by atoms with E-state index >= 15 is 0 Å². The predicted molar refractivity (Wildman–Crippen MR) is 76.0 cm³/mol. The molecule has 2 heterocycles. The molecule has 0 atom stereocenters. The predicted octanol–water partition coefficient (Wildman–Crippen LogP) is 3.15. The summed E-state index contributed by atoms with van der Waals surface area (Å²) in [5.74, 6) is -0.144. The summed E-state index contributed by atoms with van der Waals surface area (Å²) in [5.41, 5.74) is 1.04. The van der Waals surface area contributed by atoms with Gasteiger partial charge in [0.2, 0.25) is 0 Å². The van der Waals surface area contributed by atoms with Gasteiger partial charge in [0.1, 0.15) is 6.20 Å². The van der Waals surface area contributed by atoms with E-state index in [1.807, 2.05) is 51.4 Å². The number of aromatic amines is 1. The molecule has 6 nitrogen and oxygen atoms in total. The Labute approximate surface area is 118 Å². The number of aromatic hydroxyl groups is 1. The molecule has 20 heavy (non-hydrogen) atoms. The number of nitrogens with zero attached hydrogens (tertiary/aromatic N) is 1. The van der Waals surface area contributed by atoms with Gasteiger partial charge in [-0.3, -0.25) is 0 Å². The maximum Gasteiger partial charge on any atom is 0.495 e. The Morgan fingerprint density at radius 3 is 2.40 bits per heavy atom. The van der Waals surface area contributed by atoms with E-state index in [9.17, 15) is 4.79 Å². The van der Waals surface area contributed by atoms with Gasteiger partial charge in [-0.15, -0.1) is 6.92 Å². The summed E-state index contributed by atoms with van der Waals surface area (Å²) in [6.07, 6.45) is 8.84. The molecule has 0 saturated carbocycles. The fraction of sp³-hybridized carbons (Fsp3) is 0.214. The van der Waals surface area contributed by atoms with Crippen LogP contribution in [0.2, 0.25) is 0 Å². The maximum atomic E-state index is 9.82. The first kappa shape index (κ1) is 17.4. The molecule has 6 heteroatoms. The van der Waals surface area contributed by atoms with Gasteiger partial charge < -0.3 is 19.2 Å². The van der Waals surface area contributed by atoms with Crippen LogP contribution < -0.4 is 0 Å². The minimum Gasteiger partial charge on any atom is -0.603 e. The van der Waals surface area contributed by atoms with Crippen molar-refractivity contribution in [3.63, 3.8) is 0 Å². The van der Waals surface area contributed by atoms with Crippen LogP contribution in [0.3, 0.4) is 0 Å². The Hall–Kier alpha value is -2.63. The van der Waals surface area contributed by atoms with Gasteiger partial charge in [-0.25, -0.2) is 11.1 Å². The van der Waals surface area contributed by atoms with E-state index < -0.39 is 0 Å². The van der Waals surface area contributed by atoms with E-state index in [-0.39, 0.29) is 5.95 Å². The number of oxazole rings is 1. The van der Waals surface area contributed by atoms with Crippen molar-refractivity contribution in [1.29, 1.82) is 0 Å². The lowest BCUT2D eigenvalue weighted by Crippen LogP contribution is -2.02. The van der Waals surface area contributed by atoms with Gasteiger partial charge in [-0.2, -0.15) is 5.57 Å². The first-order valence-electron chi connectivity index (χ1n) is 5.88. The van der Waals surface area contributed by atoms with Gasteiger partial charge >= 0.3 is 12.4 Å². The van der Waals surface area contributed by atoms with Crippen molar-refractivity contribution in [2.45, 2.75) is 20.8 Å². The van der Waals surface area contributed by atoms with Crippen LogP contribution in [0, 0.1) is 6.10 Å². The van der Waals surface area contributed by atoms with Crippen molar-refractivity contribution >= 4 is 6.47 Å². The third-order valence-electron chi connectivity index (χ3n) is 2.17. The number of allylic oxidation sites excluding steroid dienone is 1. The summed E-state index contributed by atoms with van der Waals surface area (Å²) >= 11 is 0. The van der Waals surface area contributed by atoms with Crippen molar-refractivity contribution in [1.82, 2.24) is 9.97 Å².